The zero-order chi connectivity index (χ0) is 15.5. The van der Waals surface area contributed by atoms with Crippen LogP contribution in [0.25, 0.3) is 0 Å². The molecule has 0 bridgehead atoms. The van der Waals surface area contributed by atoms with E-state index >= 15 is 0 Å². The van der Waals surface area contributed by atoms with Gasteiger partial charge >= 0.3 is 6.18 Å². The predicted octanol–water partition coefficient (Wildman–Crippen LogP) is 3.82. The van der Waals surface area contributed by atoms with E-state index in [1.165, 1.54) is 18.4 Å². The van der Waals surface area contributed by atoms with Gasteiger partial charge in [0.2, 0.25) is 5.88 Å². The zero-order valence-electron chi connectivity index (χ0n) is 11.3. The van der Waals surface area contributed by atoms with Crippen molar-refractivity contribution in [2.24, 2.45) is 0 Å². The van der Waals surface area contributed by atoms with Crippen LogP contribution in [-0.4, -0.2) is 22.1 Å². The maximum atomic E-state index is 12.8. The highest BCUT2D eigenvalue weighted by Gasteiger charge is 2.34. The van der Waals surface area contributed by atoms with Gasteiger partial charge in [-0.3, -0.25) is 0 Å². The minimum Gasteiger partial charge on any atom is -0.481 e. The molecule has 2 aromatic heterocycles. The molecular formula is C12H12F3N3OS2. The van der Waals surface area contributed by atoms with E-state index in [1.807, 2.05) is 6.92 Å². The smallest absolute Gasteiger partial charge is 0.433 e. The fourth-order valence-corrected chi connectivity index (χ4v) is 3.38. The van der Waals surface area contributed by atoms with Crippen molar-refractivity contribution in [3.8, 4) is 5.88 Å². The lowest BCUT2D eigenvalue weighted by atomic mass is 10.3. The van der Waals surface area contributed by atoms with Gasteiger partial charge in [0.1, 0.15) is 0 Å². The van der Waals surface area contributed by atoms with Gasteiger partial charge in [-0.15, -0.1) is 11.3 Å². The van der Waals surface area contributed by atoms with Crippen molar-refractivity contribution in [1.82, 2.24) is 15.0 Å². The van der Waals surface area contributed by atoms with E-state index < -0.39 is 11.9 Å². The number of hydrogen-bond donors (Lipinski definition) is 0. The molecule has 0 N–H and O–H groups in total. The first-order valence-corrected chi connectivity index (χ1v) is 7.84. The lowest BCUT2D eigenvalue weighted by molar-refractivity contribution is -0.141. The van der Waals surface area contributed by atoms with Crippen molar-refractivity contribution in [3.63, 3.8) is 0 Å². The first-order valence-electron chi connectivity index (χ1n) is 5.98. The van der Waals surface area contributed by atoms with Gasteiger partial charge in [0.25, 0.3) is 0 Å². The molecule has 2 aromatic rings. The van der Waals surface area contributed by atoms with Gasteiger partial charge in [-0.1, -0.05) is 18.7 Å². The lowest BCUT2D eigenvalue weighted by Gasteiger charge is -2.09. The number of hydrogen-bond acceptors (Lipinski definition) is 6. The standard InChI is InChI=1S/C12H12F3N3OS2/c1-3-7-8(21-6-16-7)5-20-11-17-9(12(13,14)15)4-10(18-11)19-2/h4,6H,3,5H2,1-2H3. The number of halogens is 3. The number of alkyl halides is 3. The SMILES string of the molecule is CCc1ncsc1CSc1nc(OC)cc(C(F)(F)F)n1. The van der Waals surface area contributed by atoms with Crippen molar-refractivity contribution >= 4 is 23.1 Å². The summed E-state index contributed by atoms with van der Waals surface area (Å²) in [6, 6.07) is 0.786. The van der Waals surface area contributed by atoms with Crippen LogP contribution in [0, 0.1) is 0 Å². The maximum absolute atomic E-state index is 12.8. The van der Waals surface area contributed by atoms with Crippen LogP contribution < -0.4 is 4.74 Å². The summed E-state index contributed by atoms with van der Waals surface area (Å²) in [5.41, 5.74) is 1.67. The normalized spacial score (nSPS) is 11.7. The Morgan fingerprint density at radius 1 is 1.33 bits per heavy atom. The van der Waals surface area contributed by atoms with Crippen LogP contribution in [0.2, 0.25) is 0 Å². The fourth-order valence-electron chi connectivity index (χ4n) is 1.55. The van der Waals surface area contributed by atoms with Gasteiger partial charge in [0, 0.05) is 16.7 Å². The van der Waals surface area contributed by atoms with Crippen molar-refractivity contribution in [2.45, 2.75) is 30.4 Å². The molecule has 114 valence electrons. The molecule has 2 rings (SSSR count). The van der Waals surface area contributed by atoms with E-state index in [0.29, 0.717) is 5.75 Å². The minimum absolute atomic E-state index is 0.0390. The van der Waals surface area contributed by atoms with Crippen LogP contribution in [0.5, 0.6) is 5.88 Å². The molecule has 0 spiro atoms. The molecule has 4 nitrogen and oxygen atoms in total. The second-order valence-electron chi connectivity index (χ2n) is 3.94. The summed E-state index contributed by atoms with van der Waals surface area (Å²) in [5.74, 6) is 0.387. The summed E-state index contributed by atoms with van der Waals surface area (Å²) in [7, 11) is 1.27. The Morgan fingerprint density at radius 3 is 2.71 bits per heavy atom. The Hall–Kier alpha value is -1.35. The Morgan fingerprint density at radius 2 is 2.10 bits per heavy atom. The first kappa shape index (κ1) is 16.0. The van der Waals surface area contributed by atoms with Crippen LogP contribution in [0.15, 0.2) is 16.7 Å². The lowest BCUT2D eigenvalue weighted by Crippen LogP contribution is -2.10. The third-order valence-electron chi connectivity index (χ3n) is 2.57. The van der Waals surface area contributed by atoms with Crippen LogP contribution in [0.3, 0.4) is 0 Å². The second-order valence-corrected chi connectivity index (χ2v) is 5.82. The van der Waals surface area contributed by atoms with Crippen molar-refractivity contribution < 1.29 is 17.9 Å². The highest BCUT2D eigenvalue weighted by atomic mass is 32.2. The summed E-state index contributed by atoms with van der Waals surface area (Å²) in [6.45, 7) is 1.98. The maximum Gasteiger partial charge on any atom is 0.433 e. The predicted molar refractivity (Wildman–Crippen MR) is 74.6 cm³/mol. The fraction of sp³-hybridized carbons (Fsp3) is 0.417. The van der Waals surface area contributed by atoms with E-state index in [-0.39, 0.29) is 11.0 Å². The van der Waals surface area contributed by atoms with E-state index in [1.54, 1.807) is 5.51 Å². The second kappa shape index (κ2) is 6.61. The van der Waals surface area contributed by atoms with E-state index in [9.17, 15) is 13.2 Å². The first-order chi connectivity index (χ1) is 9.94. The highest BCUT2D eigenvalue weighted by molar-refractivity contribution is 7.98. The van der Waals surface area contributed by atoms with Gasteiger partial charge < -0.3 is 4.74 Å². The molecule has 0 aromatic carbocycles. The number of thioether (sulfide) groups is 1. The molecular weight excluding hydrogens is 323 g/mol. The molecule has 0 aliphatic rings. The van der Waals surface area contributed by atoms with Gasteiger partial charge in [-0.25, -0.2) is 9.97 Å². The topological polar surface area (TPSA) is 47.9 Å². The number of methoxy groups -OCH3 is 1. The molecule has 0 atom stereocenters. The van der Waals surface area contributed by atoms with E-state index in [0.717, 1.165) is 34.8 Å². The summed E-state index contributed by atoms with van der Waals surface area (Å²) in [4.78, 5) is 12.7. The molecule has 2 heterocycles. The number of aryl methyl sites for hydroxylation is 1. The largest absolute Gasteiger partial charge is 0.481 e. The van der Waals surface area contributed by atoms with Gasteiger partial charge in [0.15, 0.2) is 10.9 Å². The Bertz CT molecular complexity index is 616. The summed E-state index contributed by atoms with van der Waals surface area (Å²) < 4.78 is 43.1. The number of nitrogens with zero attached hydrogens (tertiary/aromatic N) is 3. The molecule has 0 saturated carbocycles. The monoisotopic (exact) mass is 335 g/mol. The van der Waals surface area contributed by atoms with Gasteiger partial charge in [-0.05, 0) is 6.42 Å². The highest BCUT2D eigenvalue weighted by Crippen LogP contribution is 2.32. The van der Waals surface area contributed by atoms with Crippen LogP contribution in [0.1, 0.15) is 23.2 Å². The van der Waals surface area contributed by atoms with Crippen molar-refractivity contribution in [2.75, 3.05) is 7.11 Å². The molecule has 0 fully saturated rings. The average molecular weight is 335 g/mol. The quantitative estimate of drug-likeness (QED) is 0.614. The molecule has 0 amide bonds. The van der Waals surface area contributed by atoms with Gasteiger partial charge in [-0.2, -0.15) is 18.2 Å². The number of rotatable bonds is 5. The number of thiazole rings is 1. The molecule has 0 aliphatic heterocycles. The summed E-state index contributed by atoms with van der Waals surface area (Å²) in [5, 5.41) is 0.0390. The average Bonchev–Trinajstić information content (AvgIpc) is 2.91. The Labute approximate surface area is 127 Å². The molecule has 9 heteroatoms. The third-order valence-corrected chi connectivity index (χ3v) is 4.51. The van der Waals surface area contributed by atoms with E-state index in [2.05, 4.69) is 15.0 Å². The van der Waals surface area contributed by atoms with E-state index in [4.69, 9.17) is 4.74 Å². The number of aromatic nitrogens is 3. The number of ether oxygens (including phenoxy) is 1. The Kier molecular flexibility index (Phi) is 5.04. The van der Waals surface area contributed by atoms with Crippen LogP contribution in [0.4, 0.5) is 13.2 Å². The van der Waals surface area contributed by atoms with Gasteiger partial charge in [0.05, 0.1) is 18.3 Å². The summed E-state index contributed by atoms with van der Waals surface area (Å²) >= 11 is 2.61. The molecule has 0 radical (unpaired) electrons. The summed E-state index contributed by atoms with van der Waals surface area (Å²) in [6.07, 6.45) is -3.74. The molecule has 21 heavy (non-hydrogen) atoms. The molecule has 0 unspecified atom stereocenters. The Balaban J connectivity index is 2.19. The van der Waals surface area contributed by atoms with Crippen LogP contribution in [-0.2, 0) is 18.3 Å². The third kappa shape index (κ3) is 4.07. The van der Waals surface area contributed by atoms with Crippen molar-refractivity contribution in [1.29, 1.82) is 0 Å². The minimum atomic E-state index is -4.52. The molecule has 0 aliphatic carbocycles. The zero-order valence-corrected chi connectivity index (χ0v) is 12.9. The molecule has 0 saturated heterocycles. The van der Waals surface area contributed by atoms with Crippen LogP contribution >= 0.6 is 23.1 Å². The van der Waals surface area contributed by atoms with Crippen molar-refractivity contribution in [3.05, 3.63) is 27.8 Å².